The minimum absolute atomic E-state index is 0.0250. The van der Waals surface area contributed by atoms with E-state index >= 15 is 0 Å². The number of phenols is 1. The van der Waals surface area contributed by atoms with Gasteiger partial charge in [0, 0.05) is 13.1 Å². The number of amides is 1. The number of ether oxygens (including phenoxy) is 2. The SMILES string of the molecule is COC(=O)c1cccc(NC(=O)c2cc(S(=O)(=O)N3CCOCC3)ccc2Cl)c1O. The summed E-state index contributed by atoms with van der Waals surface area (Å²) >= 11 is 6.11. The molecule has 160 valence electrons. The van der Waals surface area contributed by atoms with Crippen LogP contribution in [0.5, 0.6) is 5.75 Å². The summed E-state index contributed by atoms with van der Waals surface area (Å²) in [6.45, 7) is 0.993. The second-order valence-corrected chi connectivity index (χ2v) is 8.65. The lowest BCUT2D eigenvalue weighted by Crippen LogP contribution is -2.40. The molecule has 2 aromatic rings. The number of sulfonamides is 1. The Kier molecular flexibility index (Phi) is 6.61. The van der Waals surface area contributed by atoms with Gasteiger partial charge in [-0.3, -0.25) is 4.79 Å². The van der Waals surface area contributed by atoms with Crippen molar-refractivity contribution < 1.29 is 32.6 Å². The Morgan fingerprint density at radius 3 is 2.53 bits per heavy atom. The van der Waals surface area contributed by atoms with Gasteiger partial charge in [-0.25, -0.2) is 13.2 Å². The van der Waals surface area contributed by atoms with Crippen molar-refractivity contribution in [3.8, 4) is 5.75 Å². The average Bonchev–Trinajstić information content (AvgIpc) is 2.75. The Morgan fingerprint density at radius 1 is 1.17 bits per heavy atom. The van der Waals surface area contributed by atoms with E-state index in [1.54, 1.807) is 0 Å². The van der Waals surface area contributed by atoms with Crippen LogP contribution in [0.25, 0.3) is 0 Å². The van der Waals surface area contributed by atoms with E-state index in [1.165, 1.54) is 40.7 Å². The van der Waals surface area contributed by atoms with Crippen LogP contribution in [0.2, 0.25) is 5.02 Å². The lowest BCUT2D eigenvalue weighted by atomic mass is 10.1. The van der Waals surface area contributed by atoms with Crippen molar-refractivity contribution in [1.82, 2.24) is 4.31 Å². The van der Waals surface area contributed by atoms with Gasteiger partial charge in [0.1, 0.15) is 5.56 Å². The lowest BCUT2D eigenvalue weighted by molar-refractivity contribution is 0.0597. The molecule has 2 aromatic carbocycles. The highest BCUT2D eigenvalue weighted by atomic mass is 35.5. The number of halogens is 1. The summed E-state index contributed by atoms with van der Waals surface area (Å²) in [4.78, 5) is 24.4. The lowest BCUT2D eigenvalue weighted by Gasteiger charge is -2.26. The Morgan fingerprint density at radius 2 is 1.87 bits per heavy atom. The number of nitrogens with one attached hydrogen (secondary N) is 1. The van der Waals surface area contributed by atoms with E-state index < -0.39 is 27.6 Å². The zero-order valence-corrected chi connectivity index (χ0v) is 17.5. The first-order valence-electron chi connectivity index (χ1n) is 8.85. The molecule has 30 heavy (non-hydrogen) atoms. The fourth-order valence-electron chi connectivity index (χ4n) is 2.88. The van der Waals surface area contributed by atoms with Crippen molar-refractivity contribution in [2.24, 2.45) is 0 Å². The topological polar surface area (TPSA) is 122 Å². The van der Waals surface area contributed by atoms with Crippen molar-refractivity contribution in [3.05, 3.63) is 52.5 Å². The quantitative estimate of drug-likeness (QED) is 0.524. The van der Waals surface area contributed by atoms with Crippen molar-refractivity contribution in [2.45, 2.75) is 4.90 Å². The van der Waals surface area contributed by atoms with E-state index in [-0.39, 0.29) is 53.0 Å². The molecule has 9 nitrogen and oxygen atoms in total. The maximum atomic E-state index is 12.8. The molecule has 3 rings (SSSR count). The number of phenolic OH excluding ortho intramolecular Hbond substituents is 1. The number of benzene rings is 2. The molecule has 0 aromatic heterocycles. The number of para-hydroxylation sites is 1. The van der Waals surface area contributed by atoms with Gasteiger partial charge in [0.05, 0.1) is 41.5 Å². The number of carbonyl (C=O) groups excluding carboxylic acids is 2. The van der Waals surface area contributed by atoms with Crippen molar-refractivity contribution >= 4 is 39.2 Å². The number of morpholine rings is 1. The van der Waals surface area contributed by atoms with Gasteiger partial charge in [-0.15, -0.1) is 0 Å². The van der Waals surface area contributed by atoms with Crippen LogP contribution in [0.15, 0.2) is 41.3 Å². The van der Waals surface area contributed by atoms with Crippen LogP contribution in [0, 0.1) is 0 Å². The number of nitrogens with zero attached hydrogens (tertiary/aromatic N) is 1. The van der Waals surface area contributed by atoms with Crippen molar-refractivity contribution in [1.29, 1.82) is 0 Å². The van der Waals surface area contributed by atoms with E-state index in [9.17, 15) is 23.1 Å². The Labute approximate surface area is 178 Å². The zero-order chi connectivity index (χ0) is 21.9. The van der Waals surface area contributed by atoms with Gasteiger partial charge in [0.25, 0.3) is 5.91 Å². The Bertz CT molecular complexity index is 1080. The molecular formula is C19H19ClN2O7S. The molecule has 1 fully saturated rings. The maximum absolute atomic E-state index is 12.8. The summed E-state index contributed by atoms with van der Waals surface area (Å²) in [5.41, 5.74) is -0.292. The highest BCUT2D eigenvalue weighted by Crippen LogP contribution is 2.30. The van der Waals surface area contributed by atoms with Crippen LogP contribution in [0.3, 0.4) is 0 Å². The largest absolute Gasteiger partial charge is 0.505 e. The highest BCUT2D eigenvalue weighted by Gasteiger charge is 2.28. The van der Waals surface area contributed by atoms with Gasteiger partial charge >= 0.3 is 5.97 Å². The van der Waals surface area contributed by atoms with E-state index in [0.29, 0.717) is 0 Å². The van der Waals surface area contributed by atoms with E-state index in [2.05, 4.69) is 10.1 Å². The standard InChI is InChI=1S/C19H19ClN2O7S/c1-28-19(25)13-3-2-4-16(17(13)23)21-18(24)14-11-12(5-6-15(14)20)30(26,27)22-7-9-29-10-8-22/h2-6,11,23H,7-10H2,1H3,(H,21,24). The van der Waals surface area contributed by atoms with Crippen molar-refractivity contribution in [2.75, 3.05) is 38.7 Å². The van der Waals surface area contributed by atoms with Gasteiger partial charge < -0.3 is 19.9 Å². The number of anilines is 1. The van der Waals surface area contributed by atoms with Gasteiger partial charge in [-0.1, -0.05) is 17.7 Å². The molecule has 0 aliphatic carbocycles. The molecule has 0 spiro atoms. The number of hydrogen-bond acceptors (Lipinski definition) is 7. The van der Waals surface area contributed by atoms with Crippen LogP contribution in [0.4, 0.5) is 5.69 Å². The Hall–Kier alpha value is -2.66. The van der Waals surface area contributed by atoms with Crippen molar-refractivity contribution in [3.63, 3.8) is 0 Å². The number of rotatable bonds is 5. The predicted molar refractivity (Wildman–Crippen MR) is 108 cm³/mol. The zero-order valence-electron chi connectivity index (χ0n) is 15.9. The highest BCUT2D eigenvalue weighted by molar-refractivity contribution is 7.89. The number of esters is 1. The number of methoxy groups -OCH3 is 1. The summed E-state index contributed by atoms with van der Waals surface area (Å²) in [6.07, 6.45) is 0. The fraction of sp³-hybridized carbons (Fsp3) is 0.263. The third kappa shape index (κ3) is 4.41. The first-order chi connectivity index (χ1) is 14.3. The van der Waals surface area contributed by atoms with Crippen LogP contribution in [-0.2, 0) is 19.5 Å². The van der Waals surface area contributed by atoms with E-state index in [4.69, 9.17) is 16.3 Å². The monoisotopic (exact) mass is 454 g/mol. The molecule has 1 saturated heterocycles. The third-order valence-corrected chi connectivity index (χ3v) is 6.70. The Balaban J connectivity index is 1.90. The summed E-state index contributed by atoms with van der Waals surface area (Å²) in [5.74, 6) is -2.01. The predicted octanol–water partition coefficient (Wildman–Crippen LogP) is 2.11. The minimum atomic E-state index is -3.83. The molecule has 0 unspecified atom stereocenters. The summed E-state index contributed by atoms with van der Waals surface area (Å²) < 4.78 is 36.7. The minimum Gasteiger partial charge on any atom is -0.505 e. The maximum Gasteiger partial charge on any atom is 0.341 e. The third-order valence-electron chi connectivity index (χ3n) is 4.48. The summed E-state index contributed by atoms with van der Waals surface area (Å²) in [6, 6.07) is 7.96. The van der Waals surface area contributed by atoms with Crippen LogP contribution < -0.4 is 5.32 Å². The van der Waals surface area contributed by atoms with E-state index in [0.717, 1.165) is 7.11 Å². The molecule has 2 N–H and O–H groups in total. The summed E-state index contributed by atoms with van der Waals surface area (Å²) in [7, 11) is -2.67. The number of hydrogen-bond donors (Lipinski definition) is 2. The van der Waals surface area contributed by atoms with Crippen LogP contribution in [-0.4, -0.2) is 63.1 Å². The molecule has 0 bridgehead atoms. The molecule has 0 radical (unpaired) electrons. The molecule has 1 heterocycles. The molecule has 0 saturated carbocycles. The molecule has 1 aliphatic heterocycles. The molecular weight excluding hydrogens is 436 g/mol. The van der Waals surface area contributed by atoms with Crippen LogP contribution in [0.1, 0.15) is 20.7 Å². The second kappa shape index (κ2) is 9.00. The van der Waals surface area contributed by atoms with Gasteiger partial charge in [0.15, 0.2) is 5.75 Å². The van der Waals surface area contributed by atoms with E-state index in [1.807, 2.05) is 0 Å². The molecule has 1 aliphatic rings. The van der Waals surface area contributed by atoms with Gasteiger partial charge in [-0.05, 0) is 30.3 Å². The molecule has 0 atom stereocenters. The first-order valence-corrected chi connectivity index (χ1v) is 10.7. The first kappa shape index (κ1) is 22.0. The number of aromatic hydroxyl groups is 1. The molecule has 1 amide bonds. The average molecular weight is 455 g/mol. The smallest absolute Gasteiger partial charge is 0.341 e. The normalized spacial score (nSPS) is 14.9. The van der Waals surface area contributed by atoms with Gasteiger partial charge in [0.2, 0.25) is 10.0 Å². The second-order valence-electron chi connectivity index (χ2n) is 6.31. The van der Waals surface area contributed by atoms with Crippen LogP contribution >= 0.6 is 11.6 Å². The summed E-state index contributed by atoms with van der Waals surface area (Å²) in [5, 5.41) is 12.7. The number of carbonyl (C=O) groups is 2. The van der Waals surface area contributed by atoms with Gasteiger partial charge in [-0.2, -0.15) is 4.31 Å². The molecule has 11 heteroatoms. The fourth-order valence-corrected chi connectivity index (χ4v) is 4.52.